The van der Waals surface area contributed by atoms with Gasteiger partial charge in [0.05, 0.1) is 0 Å². The second-order valence-electron chi connectivity index (χ2n) is 4.15. The van der Waals surface area contributed by atoms with Gasteiger partial charge in [-0.1, -0.05) is 18.2 Å². The lowest BCUT2D eigenvalue weighted by atomic mass is 10.1. The van der Waals surface area contributed by atoms with Gasteiger partial charge in [0.25, 0.3) is 5.91 Å². The third kappa shape index (κ3) is 3.88. The minimum atomic E-state index is -0.446. The fourth-order valence-electron chi connectivity index (χ4n) is 1.74. The van der Waals surface area contributed by atoms with Crippen LogP contribution in [0.4, 0.5) is 8.78 Å². The first-order chi connectivity index (χ1) is 9.15. The zero-order chi connectivity index (χ0) is 13.7. The zero-order valence-electron chi connectivity index (χ0n) is 10.2. The minimum Gasteiger partial charge on any atom is -0.352 e. The highest BCUT2D eigenvalue weighted by molar-refractivity contribution is 5.94. The number of benzene rings is 2. The SMILES string of the molecule is O=C(NCCc1cccc(F)c1)c1cccc(F)c1. The highest BCUT2D eigenvalue weighted by Gasteiger charge is 2.05. The molecule has 0 aliphatic carbocycles. The van der Waals surface area contributed by atoms with Crippen LogP contribution in [0.25, 0.3) is 0 Å². The van der Waals surface area contributed by atoms with Crippen molar-refractivity contribution in [2.75, 3.05) is 6.54 Å². The van der Waals surface area contributed by atoms with Gasteiger partial charge in [-0.3, -0.25) is 4.79 Å². The zero-order valence-corrected chi connectivity index (χ0v) is 10.2. The quantitative estimate of drug-likeness (QED) is 0.900. The molecule has 0 aromatic heterocycles. The van der Waals surface area contributed by atoms with Gasteiger partial charge < -0.3 is 5.32 Å². The second-order valence-corrected chi connectivity index (χ2v) is 4.15. The van der Waals surface area contributed by atoms with Crippen LogP contribution in [-0.2, 0) is 6.42 Å². The summed E-state index contributed by atoms with van der Waals surface area (Å²) in [4.78, 5) is 11.7. The first-order valence-corrected chi connectivity index (χ1v) is 5.93. The largest absolute Gasteiger partial charge is 0.352 e. The van der Waals surface area contributed by atoms with Gasteiger partial charge in [0, 0.05) is 12.1 Å². The van der Waals surface area contributed by atoms with E-state index in [0.717, 1.165) is 5.56 Å². The van der Waals surface area contributed by atoms with E-state index >= 15 is 0 Å². The molecule has 2 aromatic rings. The molecule has 0 spiro atoms. The van der Waals surface area contributed by atoms with Crippen LogP contribution in [0.5, 0.6) is 0 Å². The molecule has 0 aliphatic rings. The van der Waals surface area contributed by atoms with Crippen LogP contribution in [0.3, 0.4) is 0 Å². The molecule has 0 radical (unpaired) electrons. The maximum Gasteiger partial charge on any atom is 0.251 e. The summed E-state index contributed by atoms with van der Waals surface area (Å²) in [5.41, 5.74) is 1.08. The molecule has 4 heteroatoms. The Morgan fingerprint density at radius 2 is 1.68 bits per heavy atom. The summed E-state index contributed by atoms with van der Waals surface area (Å²) >= 11 is 0. The van der Waals surface area contributed by atoms with Gasteiger partial charge in [-0.2, -0.15) is 0 Å². The molecule has 98 valence electrons. The third-order valence-electron chi connectivity index (χ3n) is 2.68. The number of hydrogen-bond donors (Lipinski definition) is 1. The van der Waals surface area contributed by atoms with Gasteiger partial charge in [0.15, 0.2) is 0 Å². The smallest absolute Gasteiger partial charge is 0.251 e. The van der Waals surface area contributed by atoms with Gasteiger partial charge in [-0.05, 0) is 42.3 Å². The summed E-state index contributed by atoms with van der Waals surface area (Å²) in [7, 11) is 0. The number of carbonyl (C=O) groups excluding carboxylic acids is 1. The van der Waals surface area contributed by atoms with Crippen LogP contribution in [0, 0.1) is 11.6 Å². The maximum absolute atomic E-state index is 12.9. The van der Waals surface area contributed by atoms with E-state index in [1.807, 2.05) is 0 Å². The van der Waals surface area contributed by atoms with Crippen molar-refractivity contribution in [1.29, 1.82) is 0 Å². The molecule has 0 saturated carbocycles. The van der Waals surface area contributed by atoms with Crippen molar-refractivity contribution in [2.24, 2.45) is 0 Å². The van der Waals surface area contributed by atoms with E-state index in [1.54, 1.807) is 18.2 Å². The molecule has 19 heavy (non-hydrogen) atoms. The Hall–Kier alpha value is -2.23. The average Bonchev–Trinajstić information content (AvgIpc) is 2.38. The van der Waals surface area contributed by atoms with Gasteiger partial charge in [0.1, 0.15) is 11.6 Å². The molecule has 1 amide bonds. The Morgan fingerprint density at radius 1 is 1.00 bits per heavy atom. The molecule has 0 fully saturated rings. The Labute approximate surface area is 110 Å². The number of rotatable bonds is 4. The van der Waals surface area contributed by atoms with Crippen LogP contribution in [0.2, 0.25) is 0 Å². The summed E-state index contributed by atoms with van der Waals surface area (Å²) in [6.45, 7) is 0.374. The summed E-state index contributed by atoms with van der Waals surface area (Å²) in [5, 5.41) is 2.67. The fraction of sp³-hybridized carbons (Fsp3) is 0.133. The van der Waals surface area contributed by atoms with E-state index in [-0.39, 0.29) is 17.3 Å². The number of amides is 1. The third-order valence-corrected chi connectivity index (χ3v) is 2.68. The Balaban J connectivity index is 1.87. The monoisotopic (exact) mass is 261 g/mol. The summed E-state index contributed by atoms with van der Waals surface area (Å²) in [6, 6.07) is 11.7. The Bertz CT molecular complexity index is 584. The molecule has 0 atom stereocenters. The number of halogens is 2. The van der Waals surface area contributed by atoms with Crippen molar-refractivity contribution in [3.63, 3.8) is 0 Å². The van der Waals surface area contributed by atoms with E-state index in [0.29, 0.717) is 13.0 Å². The summed E-state index contributed by atoms with van der Waals surface area (Å²) in [5.74, 6) is -1.08. The number of nitrogens with one attached hydrogen (secondary N) is 1. The molecular weight excluding hydrogens is 248 g/mol. The summed E-state index contributed by atoms with van der Waals surface area (Å²) in [6.07, 6.45) is 0.527. The lowest BCUT2D eigenvalue weighted by molar-refractivity contribution is 0.0953. The average molecular weight is 261 g/mol. The maximum atomic E-state index is 12.9. The first-order valence-electron chi connectivity index (χ1n) is 5.93. The molecule has 2 aromatic carbocycles. The second kappa shape index (κ2) is 6.09. The lowest BCUT2D eigenvalue weighted by Crippen LogP contribution is -2.25. The van der Waals surface area contributed by atoms with Crippen LogP contribution in [0.1, 0.15) is 15.9 Å². The van der Waals surface area contributed by atoms with Crippen LogP contribution < -0.4 is 5.32 Å². The van der Waals surface area contributed by atoms with Crippen molar-refractivity contribution < 1.29 is 13.6 Å². The Morgan fingerprint density at radius 3 is 2.37 bits per heavy atom. The van der Waals surface area contributed by atoms with Gasteiger partial charge in [-0.15, -0.1) is 0 Å². The standard InChI is InChI=1S/C15H13F2NO/c16-13-5-1-3-11(9-13)7-8-18-15(19)12-4-2-6-14(17)10-12/h1-6,9-10H,7-8H2,(H,18,19). The molecule has 0 saturated heterocycles. The molecule has 0 heterocycles. The number of hydrogen-bond acceptors (Lipinski definition) is 1. The van der Waals surface area contributed by atoms with Crippen molar-refractivity contribution in [3.8, 4) is 0 Å². The van der Waals surface area contributed by atoms with E-state index in [1.165, 1.54) is 30.3 Å². The van der Waals surface area contributed by atoms with Gasteiger partial charge >= 0.3 is 0 Å². The number of carbonyl (C=O) groups is 1. The van der Waals surface area contributed by atoms with Crippen LogP contribution in [-0.4, -0.2) is 12.5 Å². The van der Waals surface area contributed by atoms with E-state index < -0.39 is 5.82 Å². The molecule has 2 rings (SSSR count). The predicted octanol–water partition coefficient (Wildman–Crippen LogP) is 2.94. The molecule has 0 aliphatic heterocycles. The first kappa shape index (κ1) is 13.2. The molecule has 1 N–H and O–H groups in total. The molecule has 2 nitrogen and oxygen atoms in total. The van der Waals surface area contributed by atoms with Crippen LogP contribution >= 0.6 is 0 Å². The molecular formula is C15H13F2NO. The van der Waals surface area contributed by atoms with Crippen molar-refractivity contribution in [2.45, 2.75) is 6.42 Å². The van der Waals surface area contributed by atoms with E-state index in [9.17, 15) is 13.6 Å². The van der Waals surface area contributed by atoms with Crippen molar-refractivity contribution in [3.05, 3.63) is 71.3 Å². The van der Waals surface area contributed by atoms with E-state index in [4.69, 9.17) is 0 Å². The van der Waals surface area contributed by atoms with Gasteiger partial charge in [0.2, 0.25) is 0 Å². The van der Waals surface area contributed by atoms with Gasteiger partial charge in [-0.25, -0.2) is 8.78 Å². The normalized spacial score (nSPS) is 10.2. The topological polar surface area (TPSA) is 29.1 Å². The Kier molecular flexibility index (Phi) is 4.23. The highest BCUT2D eigenvalue weighted by atomic mass is 19.1. The predicted molar refractivity (Wildman–Crippen MR) is 68.8 cm³/mol. The van der Waals surface area contributed by atoms with Crippen molar-refractivity contribution >= 4 is 5.91 Å². The molecule has 0 unspecified atom stereocenters. The highest BCUT2D eigenvalue weighted by Crippen LogP contribution is 2.05. The minimum absolute atomic E-state index is 0.277. The van der Waals surface area contributed by atoms with E-state index in [2.05, 4.69) is 5.32 Å². The van der Waals surface area contributed by atoms with Crippen molar-refractivity contribution in [1.82, 2.24) is 5.32 Å². The van der Waals surface area contributed by atoms with Crippen LogP contribution in [0.15, 0.2) is 48.5 Å². The lowest BCUT2D eigenvalue weighted by Gasteiger charge is -2.05. The molecule has 0 bridgehead atoms. The fourth-order valence-corrected chi connectivity index (χ4v) is 1.74. The summed E-state index contributed by atoms with van der Waals surface area (Å²) < 4.78 is 25.9.